The Balaban J connectivity index is 1.12. The number of piperazine rings is 1. The van der Waals surface area contributed by atoms with Crippen molar-refractivity contribution in [1.82, 2.24) is 14.9 Å². The normalized spacial score (nSPS) is 13.8. The van der Waals surface area contributed by atoms with Crippen LogP contribution in [-0.4, -0.2) is 65.0 Å². The number of anilines is 2. The molecule has 4 rings (SSSR count). The highest BCUT2D eigenvalue weighted by molar-refractivity contribution is 7.99. The van der Waals surface area contributed by atoms with E-state index in [1.54, 1.807) is 0 Å². The molecular formula is C32H43N5O2S. The van der Waals surface area contributed by atoms with Gasteiger partial charge in [0.15, 0.2) is 0 Å². The van der Waals surface area contributed by atoms with Gasteiger partial charge in [0.2, 0.25) is 0 Å². The fourth-order valence-corrected chi connectivity index (χ4v) is 5.88. The summed E-state index contributed by atoms with van der Waals surface area (Å²) in [6.45, 7) is 11.9. The summed E-state index contributed by atoms with van der Waals surface area (Å²) in [5, 5.41) is 3.60. The number of rotatable bonds is 11. The summed E-state index contributed by atoms with van der Waals surface area (Å²) in [6.07, 6.45) is 12.1. The highest BCUT2D eigenvalue weighted by Crippen LogP contribution is 2.31. The van der Waals surface area contributed by atoms with Crippen LogP contribution in [0.2, 0.25) is 0 Å². The van der Waals surface area contributed by atoms with Crippen LogP contribution in [-0.2, 0) is 4.74 Å². The van der Waals surface area contributed by atoms with Crippen LogP contribution in [0.1, 0.15) is 52.0 Å². The number of unbranched alkanes of at least 4 members (excludes halogenated alkanes) is 3. The summed E-state index contributed by atoms with van der Waals surface area (Å²) in [5.74, 6) is 1.11. The molecule has 40 heavy (non-hydrogen) atoms. The smallest absolute Gasteiger partial charge is 0.410 e. The van der Waals surface area contributed by atoms with E-state index in [9.17, 15) is 4.79 Å². The number of thioether (sulfide) groups is 1. The fourth-order valence-electron chi connectivity index (χ4n) is 4.83. The number of pyridine rings is 2. The van der Waals surface area contributed by atoms with Gasteiger partial charge in [-0.05, 0) is 93.8 Å². The third kappa shape index (κ3) is 8.88. The van der Waals surface area contributed by atoms with Crippen molar-refractivity contribution in [3.8, 4) is 11.1 Å². The minimum absolute atomic E-state index is 0.217. The number of ether oxygens (including phenoxy) is 1. The van der Waals surface area contributed by atoms with Gasteiger partial charge in [0.1, 0.15) is 5.60 Å². The molecule has 1 N–H and O–H groups in total. The van der Waals surface area contributed by atoms with Gasteiger partial charge in [0.25, 0.3) is 0 Å². The van der Waals surface area contributed by atoms with Crippen molar-refractivity contribution in [2.75, 3.05) is 48.7 Å². The van der Waals surface area contributed by atoms with E-state index in [-0.39, 0.29) is 6.09 Å². The number of aryl methyl sites for hydroxylation is 1. The van der Waals surface area contributed by atoms with Crippen LogP contribution in [0.4, 0.5) is 16.2 Å². The number of amides is 1. The molecule has 0 bridgehead atoms. The van der Waals surface area contributed by atoms with Crippen molar-refractivity contribution in [1.29, 1.82) is 0 Å². The Morgan fingerprint density at radius 3 is 2.40 bits per heavy atom. The van der Waals surface area contributed by atoms with Gasteiger partial charge in [-0.25, -0.2) is 4.79 Å². The van der Waals surface area contributed by atoms with Crippen molar-refractivity contribution in [2.45, 2.75) is 63.9 Å². The van der Waals surface area contributed by atoms with Crippen LogP contribution < -0.4 is 10.2 Å². The van der Waals surface area contributed by atoms with Crippen molar-refractivity contribution in [3.05, 3.63) is 66.7 Å². The van der Waals surface area contributed by atoms with Crippen molar-refractivity contribution >= 4 is 29.2 Å². The average molecular weight is 562 g/mol. The number of carbonyl (C=O) groups is 1. The molecule has 214 valence electrons. The van der Waals surface area contributed by atoms with E-state index in [1.165, 1.54) is 52.2 Å². The lowest BCUT2D eigenvalue weighted by molar-refractivity contribution is 0.0240. The predicted octanol–water partition coefficient (Wildman–Crippen LogP) is 7.27. The number of carbonyl (C=O) groups excluding carboxylic acids is 1. The highest BCUT2D eigenvalue weighted by Gasteiger charge is 2.26. The SMILES string of the molecule is Cc1cc(NCCCCCCSc2ccncc2-c2ccncc2)ccc1N1CCN(C(=O)OC(C)(C)C)CC1. The first-order valence-corrected chi connectivity index (χ1v) is 15.3. The second kappa shape index (κ2) is 14.4. The minimum Gasteiger partial charge on any atom is -0.444 e. The number of hydrogen-bond donors (Lipinski definition) is 1. The molecule has 0 atom stereocenters. The Morgan fingerprint density at radius 2 is 1.68 bits per heavy atom. The molecule has 2 aromatic heterocycles. The van der Waals surface area contributed by atoms with Crippen LogP contribution in [0.3, 0.4) is 0 Å². The van der Waals surface area contributed by atoms with Crippen LogP contribution in [0.15, 0.2) is 66.1 Å². The number of hydrogen-bond acceptors (Lipinski definition) is 7. The van der Waals surface area contributed by atoms with Gasteiger partial charge in [-0.15, -0.1) is 11.8 Å². The predicted molar refractivity (Wildman–Crippen MR) is 166 cm³/mol. The van der Waals surface area contributed by atoms with Crippen molar-refractivity contribution in [2.24, 2.45) is 0 Å². The zero-order valence-electron chi connectivity index (χ0n) is 24.4. The molecule has 8 heteroatoms. The van der Waals surface area contributed by atoms with E-state index in [4.69, 9.17) is 4.74 Å². The van der Waals surface area contributed by atoms with E-state index in [1.807, 2.05) is 74.4 Å². The molecule has 0 aliphatic carbocycles. The van der Waals surface area contributed by atoms with E-state index in [0.29, 0.717) is 13.1 Å². The average Bonchev–Trinajstić information content (AvgIpc) is 2.94. The third-order valence-corrected chi connectivity index (χ3v) is 8.06. The van der Waals surface area contributed by atoms with Gasteiger partial charge < -0.3 is 19.9 Å². The van der Waals surface area contributed by atoms with Crippen LogP contribution >= 0.6 is 11.8 Å². The number of aromatic nitrogens is 2. The number of benzene rings is 1. The zero-order valence-corrected chi connectivity index (χ0v) is 25.2. The lowest BCUT2D eigenvalue weighted by Crippen LogP contribution is -2.50. The topological polar surface area (TPSA) is 70.6 Å². The summed E-state index contributed by atoms with van der Waals surface area (Å²) in [6, 6.07) is 12.8. The molecule has 0 unspecified atom stereocenters. The molecule has 3 aromatic rings. The lowest BCUT2D eigenvalue weighted by Gasteiger charge is -2.37. The quantitative estimate of drug-likeness (QED) is 0.195. The maximum atomic E-state index is 12.4. The first-order valence-electron chi connectivity index (χ1n) is 14.3. The van der Waals surface area contributed by atoms with Gasteiger partial charge in [-0.1, -0.05) is 12.8 Å². The highest BCUT2D eigenvalue weighted by atomic mass is 32.2. The second-order valence-electron chi connectivity index (χ2n) is 11.3. The molecule has 1 saturated heterocycles. The molecule has 0 saturated carbocycles. The second-order valence-corrected chi connectivity index (χ2v) is 12.4. The molecule has 0 spiro atoms. The third-order valence-electron chi connectivity index (χ3n) is 6.90. The Hall–Kier alpha value is -3.26. The van der Waals surface area contributed by atoms with Crippen LogP contribution in [0.25, 0.3) is 11.1 Å². The molecule has 1 fully saturated rings. The van der Waals surface area contributed by atoms with Crippen LogP contribution in [0.5, 0.6) is 0 Å². The molecule has 1 amide bonds. The summed E-state index contributed by atoms with van der Waals surface area (Å²) in [4.78, 5) is 26.3. The molecule has 1 aliphatic heterocycles. The van der Waals surface area contributed by atoms with Gasteiger partial charge in [-0.2, -0.15) is 0 Å². The van der Waals surface area contributed by atoms with Crippen molar-refractivity contribution in [3.63, 3.8) is 0 Å². The van der Waals surface area contributed by atoms with Crippen molar-refractivity contribution < 1.29 is 9.53 Å². The summed E-state index contributed by atoms with van der Waals surface area (Å²) >= 11 is 1.92. The van der Waals surface area contributed by atoms with Gasteiger partial charge in [0.05, 0.1) is 0 Å². The summed E-state index contributed by atoms with van der Waals surface area (Å²) in [5.41, 5.74) is 5.57. The maximum absolute atomic E-state index is 12.4. The number of nitrogens with zero attached hydrogens (tertiary/aromatic N) is 4. The molecular weight excluding hydrogens is 518 g/mol. The minimum atomic E-state index is -0.460. The Morgan fingerprint density at radius 1 is 0.950 bits per heavy atom. The summed E-state index contributed by atoms with van der Waals surface area (Å²) in [7, 11) is 0. The molecule has 3 heterocycles. The van der Waals surface area contributed by atoms with Gasteiger partial charge in [-0.3, -0.25) is 9.97 Å². The molecule has 1 aliphatic rings. The monoisotopic (exact) mass is 561 g/mol. The Bertz CT molecular complexity index is 1220. The first-order chi connectivity index (χ1) is 19.3. The zero-order chi connectivity index (χ0) is 28.4. The van der Waals surface area contributed by atoms with Gasteiger partial charge in [0, 0.05) is 79.3 Å². The largest absolute Gasteiger partial charge is 0.444 e. The maximum Gasteiger partial charge on any atom is 0.410 e. The summed E-state index contributed by atoms with van der Waals surface area (Å²) < 4.78 is 5.52. The molecule has 7 nitrogen and oxygen atoms in total. The van der Waals surface area contributed by atoms with Gasteiger partial charge >= 0.3 is 6.09 Å². The van der Waals surface area contributed by atoms with E-state index in [0.717, 1.165) is 31.8 Å². The van der Waals surface area contributed by atoms with E-state index >= 15 is 0 Å². The molecule has 1 aromatic carbocycles. The standard InChI is InChI=1S/C32H43N5O2S/c1-25-23-27(9-10-29(25)36-18-20-37(21-19-36)31(38)39-32(2,3)4)35-14-7-5-6-8-22-40-30-13-17-34-24-28(30)26-11-15-33-16-12-26/h9-13,15-17,23-24,35H,5-8,14,18-22H2,1-4H3. The number of nitrogens with one attached hydrogen (secondary N) is 1. The molecule has 0 radical (unpaired) electrons. The fraction of sp³-hybridized carbons (Fsp3) is 0.469. The van der Waals surface area contributed by atoms with E-state index in [2.05, 4.69) is 51.4 Å². The lowest BCUT2D eigenvalue weighted by atomic mass is 10.1. The van der Waals surface area contributed by atoms with Crippen LogP contribution in [0, 0.1) is 6.92 Å². The Kier molecular flexibility index (Phi) is 10.7. The Labute approximate surface area is 243 Å². The first kappa shape index (κ1) is 29.7. The van der Waals surface area contributed by atoms with E-state index < -0.39 is 5.60 Å².